The van der Waals surface area contributed by atoms with Gasteiger partial charge in [-0.15, -0.1) is 0 Å². The summed E-state index contributed by atoms with van der Waals surface area (Å²) in [5.74, 6) is 0.629. The third kappa shape index (κ3) is 8.06. The summed E-state index contributed by atoms with van der Waals surface area (Å²) in [6, 6.07) is 0.570. The molecule has 3 heteroatoms. The summed E-state index contributed by atoms with van der Waals surface area (Å²) in [5, 5.41) is 10.1. The van der Waals surface area contributed by atoms with E-state index in [1.807, 2.05) is 13.8 Å². The Balaban J connectivity index is 4.29. The molecule has 0 heterocycles. The SMILES string of the molecule is CCC(CC)N(CC(C)C)CC(O)COC(C)C. The first-order chi connectivity index (χ1) is 8.40. The molecule has 0 aromatic rings. The van der Waals surface area contributed by atoms with Gasteiger partial charge in [-0.05, 0) is 32.6 Å². The molecule has 0 radical (unpaired) electrons. The van der Waals surface area contributed by atoms with E-state index in [9.17, 15) is 5.11 Å². The quantitative estimate of drug-likeness (QED) is 0.655. The predicted octanol–water partition coefficient (Wildman–Crippen LogP) is 2.92. The minimum absolute atomic E-state index is 0.186. The van der Waals surface area contributed by atoms with E-state index >= 15 is 0 Å². The molecule has 0 rings (SSSR count). The van der Waals surface area contributed by atoms with Gasteiger partial charge in [0, 0.05) is 19.1 Å². The van der Waals surface area contributed by atoms with Crippen molar-refractivity contribution < 1.29 is 9.84 Å². The van der Waals surface area contributed by atoms with Crippen LogP contribution in [0.25, 0.3) is 0 Å². The average Bonchev–Trinajstić information content (AvgIpc) is 2.27. The Morgan fingerprint density at radius 1 is 1.00 bits per heavy atom. The fourth-order valence-electron chi connectivity index (χ4n) is 2.27. The lowest BCUT2D eigenvalue weighted by molar-refractivity contribution is -0.0166. The van der Waals surface area contributed by atoms with Crippen molar-refractivity contribution in [2.45, 2.75) is 72.6 Å². The van der Waals surface area contributed by atoms with Crippen molar-refractivity contribution in [3.05, 3.63) is 0 Å². The van der Waals surface area contributed by atoms with Gasteiger partial charge in [-0.2, -0.15) is 0 Å². The van der Waals surface area contributed by atoms with Crippen molar-refractivity contribution in [1.82, 2.24) is 4.90 Å². The van der Waals surface area contributed by atoms with Crippen LogP contribution in [-0.4, -0.2) is 48.0 Å². The van der Waals surface area contributed by atoms with E-state index < -0.39 is 0 Å². The molecular formula is C15H33NO2. The maximum absolute atomic E-state index is 10.1. The van der Waals surface area contributed by atoms with Crippen LogP contribution >= 0.6 is 0 Å². The van der Waals surface area contributed by atoms with Crippen LogP contribution in [0.15, 0.2) is 0 Å². The highest BCUT2D eigenvalue weighted by Gasteiger charge is 2.19. The highest BCUT2D eigenvalue weighted by atomic mass is 16.5. The summed E-state index contributed by atoms with van der Waals surface area (Å²) < 4.78 is 5.48. The van der Waals surface area contributed by atoms with Gasteiger partial charge < -0.3 is 9.84 Å². The molecule has 3 nitrogen and oxygen atoms in total. The Morgan fingerprint density at radius 2 is 1.56 bits per heavy atom. The summed E-state index contributed by atoms with van der Waals surface area (Å²) in [6.45, 7) is 15.1. The molecule has 0 aromatic carbocycles. The van der Waals surface area contributed by atoms with Crippen LogP contribution < -0.4 is 0 Å². The second-order valence-electron chi connectivity index (χ2n) is 5.85. The fourth-order valence-corrected chi connectivity index (χ4v) is 2.27. The van der Waals surface area contributed by atoms with Gasteiger partial charge in [0.05, 0.1) is 18.8 Å². The summed E-state index contributed by atoms with van der Waals surface area (Å²) in [4.78, 5) is 2.42. The van der Waals surface area contributed by atoms with Crippen LogP contribution in [0.2, 0.25) is 0 Å². The first-order valence-electron chi connectivity index (χ1n) is 7.44. The minimum atomic E-state index is -0.383. The lowest BCUT2D eigenvalue weighted by Gasteiger charge is -2.33. The van der Waals surface area contributed by atoms with Crippen molar-refractivity contribution in [3.63, 3.8) is 0 Å². The topological polar surface area (TPSA) is 32.7 Å². The van der Waals surface area contributed by atoms with E-state index in [0.29, 0.717) is 18.6 Å². The number of hydrogen-bond donors (Lipinski definition) is 1. The van der Waals surface area contributed by atoms with Crippen molar-refractivity contribution in [2.75, 3.05) is 19.7 Å². The average molecular weight is 259 g/mol. The summed E-state index contributed by atoms with van der Waals surface area (Å²) in [6.07, 6.45) is 2.08. The van der Waals surface area contributed by atoms with Crippen molar-refractivity contribution in [1.29, 1.82) is 0 Å². The molecule has 0 aliphatic carbocycles. The molecule has 0 aromatic heterocycles. The van der Waals surface area contributed by atoms with Crippen LogP contribution in [0.4, 0.5) is 0 Å². The van der Waals surface area contributed by atoms with Gasteiger partial charge >= 0.3 is 0 Å². The summed E-state index contributed by atoms with van der Waals surface area (Å²) in [5.41, 5.74) is 0. The zero-order valence-corrected chi connectivity index (χ0v) is 13.1. The second-order valence-corrected chi connectivity index (χ2v) is 5.85. The Bertz CT molecular complexity index is 191. The van der Waals surface area contributed by atoms with Gasteiger partial charge in [0.25, 0.3) is 0 Å². The number of rotatable bonds is 10. The first-order valence-corrected chi connectivity index (χ1v) is 7.44. The van der Waals surface area contributed by atoms with Crippen LogP contribution in [0.5, 0.6) is 0 Å². The zero-order valence-electron chi connectivity index (χ0n) is 13.1. The van der Waals surface area contributed by atoms with Gasteiger partial charge in [0.1, 0.15) is 0 Å². The molecule has 1 N–H and O–H groups in total. The molecule has 1 unspecified atom stereocenters. The highest BCUT2D eigenvalue weighted by Crippen LogP contribution is 2.12. The predicted molar refractivity (Wildman–Crippen MR) is 77.9 cm³/mol. The van der Waals surface area contributed by atoms with E-state index in [-0.39, 0.29) is 12.2 Å². The van der Waals surface area contributed by atoms with Crippen LogP contribution in [0, 0.1) is 5.92 Å². The van der Waals surface area contributed by atoms with Gasteiger partial charge in [0.2, 0.25) is 0 Å². The number of aliphatic hydroxyl groups is 1. The van der Waals surface area contributed by atoms with E-state index in [2.05, 4.69) is 32.6 Å². The monoisotopic (exact) mass is 259 g/mol. The Morgan fingerprint density at radius 3 is 1.94 bits per heavy atom. The standard InChI is InChI=1S/C15H33NO2/c1-7-14(8-2)16(9-12(3)4)10-15(17)11-18-13(5)6/h12-15,17H,7-11H2,1-6H3. The molecule has 0 bridgehead atoms. The normalized spacial score (nSPS) is 14.2. The largest absolute Gasteiger partial charge is 0.389 e. The second kappa shape index (κ2) is 9.76. The molecule has 0 saturated heterocycles. The Hall–Kier alpha value is -0.120. The van der Waals surface area contributed by atoms with E-state index in [0.717, 1.165) is 25.9 Å². The molecule has 0 spiro atoms. The van der Waals surface area contributed by atoms with Crippen LogP contribution in [-0.2, 0) is 4.74 Å². The number of aliphatic hydroxyl groups excluding tert-OH is 1. The molecule has 0 aliphatic heterocycles. The van der Waals surface area contributed by atoms with Crippen molar-refractivity contribution >= 4 is 0 Å². The highest BCUT2D eigenvalue weighted by molar-refractivity contribution is 4.73. The summed E-state index contributed by atoms with van der Waals surface area (Å²) >= 11 is 0. The molecule has 0 aliphatic rings. The van der Waals surface area contributed by atoms with E-state index in [4.69, 9.17) is 4.74 Å². The molecule has 1 atom stereocenters. The van der Waals surface area contributed by atoms with Gasteiger partial charge in [-0.25, -0.2) is 0 Å². The molecule has 0 fully saturated rings. The van der Waals surface area contributed by atoms with E-state index in [1.54, 1.807) is 0 Å². The maximum Gasteiger partial charge on any atom is 0.0900 e. The number of hydrogen-bond acceptors (Lipinski definition) is 3. The molecule has 110 valence electrons. The molecular weight excluding hydrogens is 226 g/mol. The molecule has 0 saturated carbocycles. The Kier molecular flexibility index (Phi) is 9.70. The lowest BCUT2D eigenvalue weighted by Crippen LogP contribution is -2.43. The van der Waals surface area contributed by atoms with Crippen molar-refractivity contribution in [2.24, 2.45) is 5.92 Å². The van der Waals surface area contributed by atoms with Crippen LogP contribution in [0.3, 0.4) is 0 Å². The van der Waals surface area contributed by atoms with Crippen LogP contribution in [0.1, 0.15) is 54.4 Å². The zero-order chi connectivity index (χ0) is 14.1. The number of nitrogens with zero attached hydrogens (tertiary/aromatic N) is 1. The van der Waals surface area contributed by atoms with Crippen molar-refractivity contribution in [3.8, 4) is 0 Å². The smallest absolute Gasteiger partial charge is 0.0900 e. The summed E-state index contributed by atoms with van der Waals surface area (Å²) in [7, 11) is 0. The van der Waals surface area contributed by atoms with Gasteiger partial charge in [-0.1, -0.05) is 27.7 Å². The minimum Gasteiger partial charge on any atom is -0.389 e. The van der Waals surface area contributed by atoms with E-state index in [1.165, 1.54) is 0 Å². The third-order valence-electron chi connectivity index (χ3n) is 3.13. The maximum atomic E-state index is 10.1. The fraction of sp³-hybridized carbons (Fsp3) is 1.00. The molecule has 18 heavy (non-hydrogen) atoms. The number of ether oxygens (including phenoxy) is 1. The molecule has 0 amide bonds. The lowest BCUT2D eigenvalue weighted by atomic mass is 10.1. The Labute approximate surface area is 114 Å². The van der Waals surface area contributed by atoms with Gasteiger partial charge in [-0.3, -0.25) is 4.90 Å². The third-order valence-corrected chi connectivity index (χ3v) is 3.13. The first kappa shape index (κ1) is 17.9. The van der Waals surface area contributed by atoms with Gasteiger partial charge in [0.15, 0.2) is 0 Å².